The van der Waals surface area contributed by atoms with Crippen LogP contribution < -0.4 is 10.1 Å². The Labute approximate surface area is 193 Å². The lowest BCUT2D eigenvalue weighted by Crippen LogP contribution is -2.14. The van der Waals surface area contributed by atoms with Crippen LogP contribution in [0.15, 0.2) is 91.0 Å². The van der Waals surface area contributed by atoms with Gasteiger partial charge in [-0.2, -0.15) is 5.10 Å². The van der Waals surface area contributed by atoms with Crippen LogP contribution >= 0.6 is 11.3 Å². The molecule has 4 aromatic heterocycles. The van der Waals surface area contributed by atoms with E-state index in [0.29, 0.717) is 28.9 Å². The van der Waals surface area contributed by atoms with E-state index in [-0.39, 0.29) is 5.91 Å². The summed E-state index contributed by atoms with van der Waals surface area (Å²) in [5.74, 6) is 0.450. The molecule has 0 unspecified atom stereocenters. The number of pyridine rings is 2. The highest BCUT2D eigenvalue weighted by Gasteiger charge is 2.16. The number of carbonyl (C=O) groups excluding carboxylic acids is 1. The Morgan fingerprint density at radius 1 is 1.03 bits per heavy atom. The monoisotopic (exact) mass is 454 g/mol. The Hall–Kier alpha value is -4.37. The third-order valence-corrected chi connectivity index (χ3v) is 5.62. The molecular formula is C24H18N6O2S. The zero-order valence-electron chi connectivity index (χ0n) is 17.3. The van der Waals surface area contributed by atoms with Crippen LogP contribution in [0.5, 0.6) is 5.75 Å². The fraction of sp³-hybridized carbons (Fsp3) is 0.0417. The van der Waals surface area contributed by atoms with E-state index in [1.807, 2.05) is 48.7 Å². The van der Waals surface area contributed by atoms with Crippen molar-refractivity contribution in [2.75, 3.05) is 5.32 Å². The number of para-hydroxylation sites is 1. The molecule has 0 aliphatic rings. The van der Waals surface area contributed by atoms with Crippen molar-refractivity contribution in [1.82, 2.24) is 24.7 Å². The van der Waals surface area contributed by atoms with Gasteiger partial charge in [-0.25, -0.2) is 14.6 Å². The molecule has 0 bridgehead atoms. The normalized spacial score (nSPS) is 10.7. The minimum Gasteiger partial charge on any atom is -0.485 e. The maximum absolute atomic E-state index is 12.8. The number of hydrogen-bond acceptors (Lipinski definition) is 7. The van der Waals surface area contributed by atoms with Crippen LogP contribution in [0, 0.1) is 0 Å². The van der Waals surface area contributed by atoms with Crippen LogP contribution in [0.3, 0.4) is 0 Å². The van der Waals surface area contributed by atoms with Crippen LogP contribution in [0.4, 0.5) is 5.82 Å². The molecular weight excluding hydrogens is 436 g/mol. The predicted molar refractivity (Wildman–Crippen MR) is 125 cm³/mol. The third-order valence-electron chi connectivity index (χ3n) is 4.73. The molecule has 1 N–H and O–H groups in total. The van der Waals surface area contributed by atoms with Crippen molar-refractivity contribution in [3.8, 4) is 22.0 Å². The molecule has 8 nitrogen and oxygen atoms in total. The molecule has 0 aliphatic carbocycles. The second kappa shape index (κ2) is 9.41. The smallest absolute Gasteiger partial charge is 0.276 e. The molecule has 162 valence electrons. The molecule has 0 saturated carbocycles. The van der Waals surface area contributed by atoms with Crippen LogP contribution in [-0.2, 0) is 6.61 Å². The summed E-state index contributed by atoms with van der Waals surface area (Å²) >= 11 is 1.38. The molecule has 0 spiro atoms. The van der Waals surface area contributed by atoms with E-state index in [1.165, 1.54) is 11.3 Å². The summed E-state index contributed by atoms with van der Waals surface area (Å²) in [6, 6.07) is 17.0. The molecule has 1 aromatic carbocycles. The van der Waals surface area contributed by atoms with Gasteiger partial charge < -0.3 is 10.1 Å². The molecule has 1 amide bonds. The van der Waals surface area contributed by atoms with Crippen LogP contribution in [-0.4, -0.2) is 30.6 Å². The van der Waals surface area contributed by atoms with Crippen molar-refractivity contribution in [3.63, 3.8) is 0 Å². The van der Waals surface area contributed by atoms with E-state index in [0.717, 1.165) is 16.8 Å². The van der Waals surface area contributed by atoms with Gasteiger partial charge in [0.05, 0.1) is 11.9 Å². The number of anilines is 1. The van der Waals surface area contributed by atoms with E-state index < -0.39 is 0 Å². The van der Waals surface area contributed by atoms with Crippen molar-refractivity contribution in [2.45, 2.75) is 6.61 Å². The highest BCUT2D eigenvalue weighted by Crippen LogP contribution is 2.26. The molecule has 5 rings (SSSR count). The highest BCUT2D eigenvalue weighted by atomic mass is 32.1. The second-order valence-electron chi connectivity index (χ2n) is 7.00. The third kappa shape index (κ3) is 4.78. The number of aromatic nitrogens is 5. The summed E-state index contributed by atoms with van der Waals surface area (Å²) < 4.78 is 7.62. The van der Waals surface area contributed by atoms with Gasteiger partial charge in [0, 0.05) is 35.7 Å². The van der Waals surface area contributed by atoms with Gasteiger partial charge in [-0.1, -0.05) is 18.2 Å². The number of rotatable bonds is 7. The van der Waals surface area contributed by atoms with Crippen molar-refractivity contribution in [2.24, 2.45) is 0 Å². The first kappa shape index (κ1) is 20.5. The van der Waals surface area contributed by atoms with E-state index in [4.69, 9.17) is 4.74 Å². The lowest BCUT2D eigenvalue weighted by Gasteiger charge is -2.10. The Kier molecular flexibility index (Phi) is 5.85. The molecule has 0 aliphatic heterocycles. The number of benzene rings is 1. The van der Waals surface area contributed by atoms with Crippen LogP contribution in [0.1, 0.15) is 16.1 Å². The number of ether oxygens (including phenoxy) is 1. The van der Waals surface area contributed by atoms with Gasteiger partial charge in [-0.05, 0) is 42.0 Å². The number of nitrogens with zero attached hydrogens (tertiary/aromatic N) is 5. The van der Waals surface area contributed by atoms with Gasteiger partial charge in [0.1, 0.15) is 17.3 Å². The van der Waals surface area contributed by atoms with E-state index in [1.54, 1.807) is 47.0 Å². The number of thiazole rings is 1. The summed E-state index contributed by atoms with van der Waals surface area (Å²) in [6.45, 7) is 0.337. The summed E-state index contributed by atoms with van der Waals surface area (Å²) in [6.07, 6.45) is 8.62. The van der Waals surface area contributed by atoms with Gasteiger partial charge in [-0.15, -0.1) is 11.3 Å². The molecule has 0 atom stereocenters. The first-order chi connectivity index (χ1) is 16.3. The Morgan fingerprint density at radius 3 is 2.73 bits per heavy atom. The predicted octanol–water partition coefficient (Wildman–Crippen LogP) is 4.62. The molecule has 0 saturated heterocycles. The number of hydrogen-bond donors (Lipinski definition) is 1. The van der Waals surface area contributed by atoms with Crippen molar-refractivity contribution in [1.29, 1.82) is 0 Å². The summed E-state index contributed by atoms with van der Waals surface area (Å²) in [5.41, 5.74) is 3.05. The lowest BCUT2D eigenvalue weighted by molar-refractivity contribution is 0.102. The highest BCUT2D eigenvalue weighted by molar-refractivity contribution is 7.13. The van der Waals surface area contributed by atoms with Gasteiger partial charge in [0.2, 0.25) is 0 Å². The zero-order chi connectivity index (χ0) is 22.5. The quantitative estimate of drug-likeness (QED) is 0.386. The fourth-order valence-corrected chi connectivity index (χ4v) is 3.85. The summed E-state index contributed by atoms with van der Waals surface area (Å²) in [7, 11) is 0. The van der Waals surface area contributed by atoms with Crippen molar-refractivity contribution in [3.05, 3.63) is 102 Å². The number of carbonyl (C=O) groups is 1. The zero-order valence-corrected chi connectivity index (χ0v) is 18.1. The van der Waals surface area contributed by atoms with Gasteiger partial charge in [0.15, 0.2) is 11.6 Å². The average Bonchev–Trinajstić information content (AvgIpc) is 3.55. The van der Waals surface area contributed by atoms with E-state index >= 15 is 0 Å². The molecule has 5 aromatic rings. The van der Waals surface area contributed by atoms with Gasteiger partial charge >= 0.3 is 0 Å². The first-order valence-corrected chi connectivity index (χ1v) is 11.0. The average molecular weight is 455 g/mol. The number of nitrogens with one attached hydrogen (secondary N) is 1. The maximum Gasteiger partial charge on any atom is 0.276 e. The number of amides is 1. The minimum absolute atomic E-state index is 0.299. The Balaban J connectivity index is 1.29. The SMILES string of the molecule is O=C(Nc1ncccc1OCc1ccncc1)c1csc(-c2cnn(-c3ccccc3)c2)n1. The van der Waals surface area contributed by atoms with Crippen LogP contribution in [0.2, 0.25) is 0 Å². The second-order valence-corrected chi connectivity index (χ2v) is 7.85. The maximum atomic E-state index is 12.8. The first-order valence-electron chi connectivity index (χ1n) is 10.1. The lowest BCUT2D eigenvalue weighted by atomic mass is 10.3. The minimum atomic E-state index is -0.361. The summed E-state index contributed by atoms with van der Waals surface area (Å²) in [5, 5.41) is 9.61. The molecule has 0 radical (unpaired) electrons. The van der Waals surface area contributed by atoms with E-state index in [2.05, 4.69) is 25.4 Å². The van der Waals surface area contributed by atoms with Crippen molar-refractivity contribution < 1.29 is 9.53 Å². The Morgan fingerprint density at radius 2 is 1.88 bits per heavy atom. The van der Waals surface area contributed by atoms with Crippen LogP contribution in [0.25, 0.3) is 16.3 Å². The topological polar surface area (TPSA) is 94.8 Å². The molecule has 4 heterocycles. The molecule has 33 heavy (non-hydrogen) atoms. The molecule has 0 fully saturated rings. The Bertz CT molecular complexity index is 1370. The van der Waals surface area contributed by atoms with Crippen molar-refractivity contribution >= 4 is 23.1 Å². The van der Waals surface area contributed by atoms with Gasteiger partial charge in [0.25, 0.3) is 5.91 Å². The molecule has 9 heteroatoms. The van der Waals surface area contributed by atoms with Gasteiger partial charge in [-0.3, -0.25) is 9.78 Å². The fourth-order valence-electron chi connectivity index (χ4n) is 3.08. The summed E-state index contributed by atoms with van der Waals surface area (Å²) in [4.78, 5) is 25.6. The van der Waals surface area contributed by atoms with E-state index in [9.17, 15) is 4.79 Å². The standard InChI is InChI=1S/C24H18N6O2S/c31-23(29-22-21(7-4-10-26-22)32-15-17-8-11-25-12-9-17)20-16-33-24(28-20)18-13-27-30(14-18)19-5-2-1-3-6-19/h1-14,16H,15H2,(H,26,29,31). The largest absolute Gasteiger partial charge is 0.485 e.